The van der Waals surface area contributed by atoms with Crippen molar-refractivity contribution < 1.29 is 26.4 Å². The van der Waals surface area contributed by atoms with Gasteiger partial charge in [0, 0.05) is 23.2 Å². The second-order valence-electron chi connectivity index (χ2n) is 6.40. The van der Waals surface area contributed by atoms with Gasteiger partial charge in [0.15, 0.2) is 23.2 Å². The molecule has 0 aliphatic rings. The monoisotopic (exact) mass is 433 g/mol. The van der Waals surface area contributed by atoms with Crippen LogP contribution in [0.15, 0.2) is 36.5 Å². The maximum atomic E-state index is 14.8. The van der Waals surface area contributed by atoms with Gasteiger partial charge in [-0.1, -0.05) is 6.92 Å². The lowest BCUT2D eigenvalue weighted by atomic mass is 9.99. The summed E-state index contributed by atoms with van der Waals surface area (Å²) in [7, 11) is -4.01. The summed E-state index contributed by atoms with van der Waals surface area (Å²) in [5.74, 6) is -6.40. The summed E-state index contributed by atoms with van der Waals surface area (Å²) in [6, 6.07) is 7.57. The molecule has 0 aliphatic heterocycles. The number of anilines is 1. The smallest absolute Gasteiger partial charge is 0.232 e. The van der Waals surface area contributed by atoms with Gasteiger partial charge in [0.2, 0.25) is 10.0 Å². The average molecular weight is 433 g/mol. The zero-order chi connectivity index (χ0) is 22.1. The van der Waals surface area contributed by atoms with Crippen LogP contribution in [0.3, 0.4) is 0 Å². The molecule has 154 valence electrons. The normalized spacial score (nSPS) is 11.3. The van der Waals surface area contributed by atoms with Gasteiger partial charge in [-0.3, -0.25) is 14.5 Å². The lowest BCUT2D eigenvalue weighted by Gasteiger charge is -2.12. The molecule has 30 heavy (non-hydrogen) atoms. The number of nitriles is 1. The lowest BCUT2D eigenvalue weighted by Crippen LogP contribution is -2.19. The number of hydrogen-bond acceptors (Lipinski definition) is 5. The van der Waals surface area contributed by atoms with E-state index in [1.807, 2.05) is 10.8 Å². The number of pyridine rings is 1. The third kappa shape index (κ3) is 4.11. The molecule has 0 unspecified atom stereocenters. The first-order valence-electron chi connectivity index (χ1n) is 8.69. The molecule has 0 saturated heterocycles. The van der Waals surface area contributed by atoms with Gasteiger partial charge in [-0.2, -0.15) is 5.26 Å². The molecule has 1 N–H and O–H groups in total. The minimum atomic E-state index is -4.01. The molecule has 0 bridgehead atoms. The Morgan fingerprint density at radius 2 is 1.90 bits per heavy atom. The third-order valence-electron chi connectivity index (χ3n) is 4.19. The van der Waals surface area contributed by atoms with Crippen molar-refractivity contribution in [2.75, 3.05) is 10.5 Å². The maximum absolute atomic E-state index is 14.8. The van der Waals surface area contributed by atoms with E-state index < -0.39 is 44.5 Å². The van der Waals surface area contributed by atoms with Crippen molar-refractivity contribution in [1.29, 1.82) is 5.26 Å². The molecule has 3 rings (SSSR count). The molecule has 1 aromatic heterocycles. The molecule has 6 nitrogen and oxygen atoms in total. The topological polar surface area (TPSA) is 99.9 Å². The van der Waals surface area contributed by atoms with Crippen molar-refractivity contribution in [3.63, 3.8) is 0 Å². The Morgan fingerprint density at radius 3 is 2.57 bits per heavy atom. The van der Waals surface area contributed by atoms with Crippen molar-refractivity contribution in [3.8, 4) is 6.07 Å². The van der Waals surface area contributed by atoms with Crippen molar-refractivity contribution >= 4 is 32.4 Å². The van der Waals surface area contributed by atoms with Crippen LogP contribution in [0.25, 0.3) is 10.9 Å². The molecule has 0 atom stereocenters. The van der Waals surface area contributed by atoms with E-state index in [0.29, 0.717) is 17.0 Å². The quantitative estimate of drug-likeness (QED) is 0.469. The summed E-state index contributed by atoms with van der Waals surface area (Å²) < 4.78 is 68.8. The molecule has 0 spiro atoms. The summed E-state index contributed by atoms with van der Waals surface area (Å²) in [4.78, 5) is 16.8. The van der Waals surface area contributed by atoms with Gasteiger partial charge in [0.1, 0.15) is 6.07 Å². The van der Waals surface area contributed by atoms with Crippen LogP contribution in [0.5, 0.6) is 0 Å². The summed E-state index contributed by atoms with van der Waals surface area (Å²) in [5.41, 5.74) is -1.64. The zero-order valence-corrected chi connectivity index (χ0v) is 16.4. The molecule has 0 amide bonds. The highest BCUT2D eigenvalue weighted by atomic mass is 32.2. The van der Waals surface area contributed by atoms with Crippen LogP contribution < -0.4 is 4.72 Å². The fourth-order valence-corrected chi connectivity index (χ4v) is 3.97. The van der Waals surface area contributed by atoms with Crippen LogP contribution in [-0.2, 0) is 10.0 Å². The van der Waals surface area contributed by atoms with E-state index in [1.165, 1.54) is 30.5 Å². The Hall–Kier alpha value is -3.45. The van der Waals surface area contributed by atoms with E-state index in [1.54, 1.807) is 6.92 Å². The van der Waals surface area contributed by atoms with Gasteiger partial charge in [-0.05, 0) is 30.7 Å². The highest BCUT2D eigenvalue weighted by Gasteiger charge is 2.27. The van der Waals surface area contributed by atoms with E-state index in [9.17, 15) is 26.4 Å². The predicted octanol–water partition coefficient (Wildman–Crippen LogP) is 3.91. The van der Waals surface area contributed by atoms with Gasteiger partial charge < -0.3 is 0 Å². The summed E-state index contributed by atoms with van der Waals surface area (Å²) in [6.07, 6.45) is 1.53. The Bertz CT molecular complexity index is 1320. The molecular weight excluding hydrogens is 419 g/mol. The van der Waals surface area contributed by atoms with Gasteiger partial charge in [0.25, 0.3) is 0 Å². The van der Waals surface area contributed by atoms with Crippen LogP contribution >= 0.6 is 0 Å². The van der Waals surface area contributed by atoms with Crippen LogP contribution in [0.4, 0.5) is 18.9 Å². The minimum absolute atomic E-state index is 0.190. The van der Waals surface area contributed by atoms with E-state index >= 15 is 0 Å². The molecule has 3 aromatic rings. The highest BCUT2D eigenvalue weighted by molar-refractivity contribution is 7.92. The Labute approximate surface area is 170 Å². The third-order valence-corrected chi connectivity index (χ3v) is 5.67. The van der Waals surface area contributed by atoms with Crippen LogP contribution in [-0.4, -0.2) is 24.9 Å². The number of nitrogens with zero attached hydrogens (tertiary/aromatic N) is 2. The van der Waals surface area contributed by atoms with E-state index in [2.05, 4.69) is 4.98 Å². The number of halogens is 3. The number of benzene rings is 2. The molecule has 0 saturated carbocycles. The zero-order valence-electron chi connectivity index (χ0n) is 15.5. The van der Waals surface area contributed by atoms with Gasteiger partial charge >= 0.3 is 0 Å². The number of carbonyl (C=O) groups excluding carboxylic acids is 1. The predicted molar refractivity (Wildman–Crippen MR) is 104 cm³/mol. The summed E-state index contributed by atoms with van der Waals surface area (Å²) in [6.45, 7) is 1.57. The summed E-state index contributed by atoms with van der Waals surface area (Å²) >= 11 is 0. The van der Waals surface area contributed by atoms with Crippen LogP contribution in [0.1, 0.15) is 34.8 Å². The second-order valence-corrected chi connectivity index (χ2v) is 8.24. The van der Waals surface area contributed by atoms with Gasteiger partial charge in [-0.25, -0.2) is 21.6 Å². The number of ketones is 1. The number of hydrogen-bond donors (Lipinski definition) is 1. The second kappa shape index (κ2) is 8.12. The molecule has 1 heterocycles. The number of aromatic nitrogens is 1. The van der Waals surface area contributed by atoms with Gasteiger partial charge in [0.05, 0.1) is 28.1 Å². The van der Waals surface area contributed by atoms with Crippen molar-refractivity contribution in [3.05, 3.63) is 70.7 Å². The largest absolute Gasteiger partial charge is 0.288 e. The Balaban J connectivity index is 2.12. The first kappa shape index (κ1) is 21.3. The SMILES string of the molecule is CCCS(=O)(=O)Nc1cc(F)c(F)c(C(=O)c2ccc3ncc(C#N)cc3c2)c1F. The number of sulfonamides is 1. The fourth-order valence-electron chi connectivity index (χ4n) is 2.84. The van der Waals surface area contributed by atoms with Crippen molar-refractivity contribution in [2.45, 2.75) is 13.3 Å². The maximum Gasteiger partial charge on any atom is 0.232 e. The van der Waals surface area contributed by atoms with E-state index in [0.717, 1.165) is 0 Å². The van der Waals surface area contributed by atoms with Crippen molar-refractivity contribution in [2.24, 2.45) is 0 Å². The highest BCUT2D eigenvalue weighted by Crippen LogP contribution is 2.28. The Kier molecular flexibility index (Phi) is 5.75. The van der Waals surface area contributed by atoms with Crippen molar-refractivity contribution in [1.82, 2.24) is 4.98 Å². The number of rotatable bonds is 6. The fraction of sp³-hybridized carbons (Fsp3) is 0.150. The van der Waals surface area contributed by atoms with E-state index in [-0.39, 0.29) is 23.3 Å². The molecule has 0 fully saturated rings. The number of fused-ring (bicyclic) bond motifs is 1. The average Bonchev–Trinajstić information content (AvgIpc) is 2.70. The molecular formula is C20H14F3N3O3S. The van der Waals surface area contributed by atoms with Gasteiger partial charge in [-0.15, -0.1) is 0 Å². The molecule has 0 aliphatic carbocycles. The first-order valence-corrected chi connectivity index (χ1v) is 10.3. The standard InChI is InChI=1S/C20H14F3N3O3S/c1-2-5-30(28,29)26-16-8-14(21)18(22)17(19(16)23)20(27)12-3-4-15-13(7-12)6-11(9-24)10-25-15/h3-4,6-8,10,26H,2,5H2,1H3. The number of nitrogens with one attached hydrogen (secondary N) is 1. The molecule has 2 aromatic carbocycles. The van der Waals surface area contributed by atoms with E-state index in [4.69, 9.17) is 5.26 Å². The molecule has 0 radical (unpaired) electrons. The van der Waals surface area contributed by atoms with Crippen LogP contribution in [0.2, 0.25) is 0 Å². The summed E-state index contributed by atoms with van der Waals surface area (Å²) in [5, 5.41) is 9.33. The minimum Gasteiger partial charge on any atom is -0.288 e. The van der Waals surface area contributed by atoms with Crippen LogP contribution in [0, 0.1) is 28.8 Å². The molecule has 10 heteroatoms. The lowest BCUT2D eigenvalue weighted by molar-refractivity contribution is 0.103. The first-order chi connectivity index (χ1) is 14.2. The Morgan fingerprint density at radius 1 is 1.17 bits per heavy atom. The number of carbonyl (C=O) groups is 1.